The van der Waals surface area contributed by atoms with Crippen molar-refractivity contribution in [2.24, 2.45) is 0 Å². The van der Waals surface area contributed by atoms with Gasteiger partial charge in [0.05, 0.1) is 6.42 Å². The van der Waals surface area contributed by atoms with E-state index in [4.69, 9.17) is 5.11 Å². The molecule has 0 saturated heterocycles. The van der Waals surface area contributed by atoms with Gasteiger partial charge in [0.2, 0.25) is 0 Å². The third-order valence-electron chi connectivity index (χ3n) is 3.46. The first-order chi connectivity index (χ1) is 9.47. The highest BCUT2D eigenvalue weighted by Gasteiger charge is 2.19. The van der Waals surface area contributed by atoms with Gasteiger partial charge in [0.25, 0.3) is 0 Å². The number of hydrogen-bond acceptors (Lipinski definition) is 1. The summed E-state index contributed by atoms with van der Waals surface area (Å²) in [6, 6.07) is 12.1. The van der Waals surface area contributed by atoms with Gasteiger partial charge in [-0.05, 0) is 42.7 Å². The molecule has 2 nitrogen and oxygen atoms in total. The minimum Gasteiger partial charge on any atom is -0.481 e. The van der Waals surface area contributed by atoms with E-state index in [0.717, 1.165) is 22.3 Å². The summed E-state index contributed by atoms with van der Waals surface area (Å²) in [6.07, 6.45) is -0.00404. The van der Waals surface area contributed by atoms with Crippen LogP contribution in [0.25, 0.3) is 0 Å². The van der Waals surface area contributed by atoms with E-state index in [-0.39, 0.29) is 18.2 Å². The molecule has 0 aliphatic heterocycles. The van der Waals surface area contributed by atoms with Gasteiger partial charge < -0.3 is 5.11 Å². The molecule has 1 unspecified atom stereocenters. The van der Waals surface area contributed by atoms with E-state index in [1.807, 2.05) is 32.0 Å². The Balaban J connectivity index is 2.49. The summed E-state index contributed by atoms with van der Waals surface area (Å²) in [5.41, 5.74) is 3.94. The van der Waals surface area contributed by atoms with Crippen molar-refractivity contribution in [2.45, 2.75) is 26.2 Å². The normalized spacial score (nSPS) is 12.2. The predicted octanol–water partition coefficient (Wildman–Crippen LogP) is 4.05. The van der Waals surface area contributed by atoms with Gasteiger partial charge in [-0.1, -0.05) is 35.9 Å². The molecule has 0 aliphatic carbocycles. The van der Waals surface area contributed by atoms with Gasteiger partial charge in [-0.2, -0.15) is 0 Å². The Kier molecular flexibility index (Phi) is 4.18. The number of aryl methyl sites for hydroxylation is 2. The van der Waals surface area contributed by atoms with Crippen LogP contribution in [-0.2, 0) is 4.79 Å². The minimum absolute atomic E-state index is 0.00404. The van der Waals surface area contributed by atoms with E-state index >= 15 is 0 Å². The van der Waals surface area contributed by atoms with E-state index in [0.29, 0.717) is 0 Å². The second-order valence-corrected chi connectivity index (χ2v) is 5.06. The molecular formula is C17H17FO2. The lowest BCUT2D eigenvalue weighted by atomic mass is 9.85. The van der Waals surface area contributed by atoms with Crippen LogP contribution in [0.1, 0.15) is 34.6 Å². The zero-order valence-electron chi connectivity index (χ0n) is 11.6. The molecule has 104 valence electrons. The molecule has 0 radical (unpaired) electrons. The smallest absolute Gasteiger partial charge is 0.304 e. The van der Waals surface area contributed by atoms with Crippen LogP contribution in [-0.4, -0.2) is 11.1 Å². The van der Waals surface area contributed by atoms with Gasteiger partial charge in [0, 0.05) is 5.92 Å². The lowest BCUT2D eigenvalue weighted by molar-refractivity contribution is -0.137. The van der Waals surface area contributed by atoms with Crippen molar-refractivity contribution in [3.63, 3.8) is 0 Å². The fourth-order valence-corrected chi connectivity index (χ4v) is 2.41. The Morgan fingerprint density at radius 2 is 1.80 bits per heavy atom. The summed E-state index contributed by atoms with van der Waals surface area (Å²) in [4.78, 5) is 11.1. The summed E-state index contributed by atoms with van der Waals surface area (Å²) >= 11 is 0. The first kappa shape index (κ1) is 14.3. The van der Waals surface area contributed by atoms with Gasteiger partial charge in [-0.15, -0.1) is 0 Å². The molecule has 0 aromatic heterocycles. The first-order valence-electron chi connectivity index (χ1n) is 6.52. The van der Waals surface area contributed by atoms with Crippen molar-refractivity contribution in [3.05, 3.63) is 70.5 Å². The van der Waals surface area contributed by atoms with E-state index in [9.17, 15) is 9.18 Å². The molecule has 0 bridgehead atoms. The van der Waals surface area contributed by atoms with E-state index in [1.165, 1.54) is 12.1 Å². The van der Waals surface area contributed by atoms with Crippen molar-refractivity contribution in [1.29, 1.82) is 0 Å². The Morgan fingerprint density at radius 1 is 1.15 bits per heavy atom. The molecule has 2 aromatic carbocycles. The molecule has 0 aliphatic rings. The number of carboxylic acids is 1. The molecule has 1 atom stereocenters. The maximum Gasteiger partial charge on any atom is 0.304 e. The quantitative estimate of drug-likeness (QED) is 0.911. The fraction of sp³-hybridized carbons (Fsp3) is 0.235. The molecule has 0 heterocycles. The SMILES string of the molecule is Cc1ccc(C)c(C(CC(=O)O)c2ccc(F)cc2)c1. The summed E-state index contributed by atoms with van der Waals surface area (Å²) in [5.74, 6) is -1.43. The highest BCUT2D eigenvalue weighted by molar-refractivity contribution is 5.69. The number of carbonyl (C=O) groups is 1. The van der Waals surface area contributed by atoms with Gasteiger partial charge >= 0.3 is 5.97 Å². The average Bonchev–Trinajstić information content (AvgIpc) is 2.40. The summed E-state index contributed by atoms with van der Waals surface area (Å²) in [6.45, 7) is 3.94. The maximum absolute atomic E-state index is 13.0. The molecule has 2 rings (SSSR count). The van der Waals surface area contributed by atoms with E-state index in [2.05, 4.69) is 0 Å². The van der Waals surface area contributed by atoms with Crippen LogP contribution in [0.3, 0.4) is 0 Å². The van der Waals surface area contributed by atoms with Crippen LogP contribution in [0.4, 0.5) is 4.39 Å². The first-order valence-corrected chi connectivity index (χ1v) is 6.52. The van der Waals surface area contributed by atoms with Crippen LogP contribution >= 0.6 is 0 Å². The topological polar surface area (TPSA) is 37.3 Å². The molecular weight excluding hydrogens is 255 g/mol. The van der Waals surface area contributed by atoms with Crippen molar-refractivity contribution in [2.75, 3.05) is 0 Å². The summed E-state index contributed by atoms with van der Waals surface area (Å²) < 4.78 is 13.0. The van der Waals surface area contributed by atoms with Crippen molar-refractivity contribution in [1.82, 2.24) is 0 Å². The highest BCUT2D eigenvalue weighted by Crippen LogP contribution is 2.31. The van der Waals surface area contributed by atoms with E-state index in [1.54, 1.807) is 12.1 Å². The van der Waals surface area contributed by atoms with Crippen molar-refractivity contribution in [3.8, 4) is 0 Å². The molecule has 0 saturated carbocycles. The molecule has 1 N–H and O–H groups in total. The number of benzene rings is 2. The monoisotopic (exact) mass is 272 g/mol. The van der Waals surface area contributed by atoms with Crippen LogP contribution in [0.2, 0.25) is 0 Å². The number of hydrogen-bond donors (Lipinski definition) is 1. The third-order valence-corrected chi connectivity index (χ3v) is 3.46. The standard InChI is InChI=1S/C17H17FO2/c1-11-3-4-12(2)15(9-11)16(10-17(19)20)13-5-7-14(18)8-6-13/h3-9,16H,10H2,1-2H3,(H,19,20). The fourth-order valence-electron chi connectivity index (χ4n) is 2.41. The number of carboxylic acid groups (broad SMARTS) is 1. The zero-order chi connectivity index (χ0) is 14.7. The summed E-state index contributed by atoms with van der Waals surface area (Å²) in [7, 11) is 0. The van der Waals surface area contributed by atoms with Crippen LogP contribution < -0.4 is 0 Å². The lowest BCUT2D eigenvalue weighted by Crippen LogP contribution is -2.09. The zero-order valence-corrected chi connectivity index (χ0v) is 11.6. The van der Waals surface area contributed by atoms with Crippen molar-refractivity contribution < 1.29 is 14.3 Å². The molecule has 2 aromatic rings. The molecule has 0 spiro atoms. The average molecular weight is 272 g/mol. The molecule has 0 fully saturated rings. The number of aliphatic carboxylic acids is 1. The number of rotatable bonds is 4. The minimum atomic E-state index is -0.861. The lowest BCUT2D eigenvalue weighted by Gasteiger charge is -2.19. The van der Waals surface area contributed by atoms with Gasteiger partial charge in [-0.25, -0.2) is 4.39 Å². The number of halogens is 1. The second kappa shape index (κ2) is 5.87. The van der Waals surface area contributed by atoms with E-state index < -0.39 is 5.97 Å². The third kappa shape index (κ3) is 3.23. The van der Waals surface area contributed by atoms with Gasteiger partial charge in [0.15, 0.2) is 0 Å². The highest BCUT2D eigenvalue weighted by atomic mass is 19.1. The predicted molar refractivity (Wildman–Crippen MR) is 76.4 cm³/mol. The van der Waals surface area contributed by atoms with Crippen LogP contribution in [0.5, 0.6) is 0 Å². The van der Waals surface area contributed by atoms with Gasteiger partial charge in [0.1, 0.15) is 5.82 Å². The second-order valence-electron chi connectivity index (χ2n) is 5.06. The molecule has 20 heavy (non-hydrogen) atoms. The Morgan fingerprint density at radius 3 is 2.40 bits per heavy atom. The summed E-state index contributed by atoms with van der Waals surface area (Å²) in [5, 5.41) is 9.15. The Hall–Kier alpha value is -2.16. The Bertz CT molecular complexity index is 617. The maximum atomic E-state index is 13.0. The molecule has 3 heteroatoms. The molecule has 0 amide bonds. The van der Waals surface area contributed by atoms with Crippen molar-refractivity contribution >= 4 is 5.97 Å². The van der Waals surface area contributed by atoms with Crippen LogP contribution in [0.15, 0.2) is 42.5 Å². The van der Waals surface area contributed by atoms with Gasteiger partial charge in [-0.3, -0.25) is 4.79 Å². The largest absolute Gasteiger partial charge is 0.481 e. The van der Waals surface area contributed by atoms with Crippen LogP contribution in [0, 0.1) is 19.7 Å². The Labute approximate surface area is 117 Å².